The Kier molecular flexibility index (Phi) is 1.44. The minimum atomic E-state index is -0.189. The predicted molar refractivity (Wildman–Crippen MR) is 55.3 cm³/mol. The molecule has 70 valence electrons. The van der Waals surface area contributed by atoms with Gasteiger partial charge in [-0.2, -0.15) is 0 Å². The molecule has 0 aliphatic rings. The van der Waals surface area contributed by atoms with Crippen LogP contribution in [0.1, 0.15) is 5.69 Å². The van der Waals surface area contributed by atoms with Gasteiger partial charge in [0.05, 0.1) is 10.4 Å². The smallest absolute Gasteiger partial charge is 0.195 e. The monoisotopic (exact) mass is 206 g/mol. The molecule has 0 aliphatic carbocycles. The lowest BCUT2D eigenvalue weighted by atomic mass is 10.3. The molecule has 0 N–H and O–H groups in total. The van der Waals surface area contributed by atoms with Gasteiger partial charge < -0.3 is 0 Å². The van der Waals surface area contributed by atoms with E-state index in [-0.39, 0.29) is 5.82 Å². The third-order valence-corrected chi connectivity index (χ3v) is 3.21. The molecule has 1 aromatic carbocycles. The Morgan fingerprint density at radius 2 is 2.29 bits per heavy atom. The van der Waals surface area contributed by atoms with E-state index in [1.807, 2.05) is 23.6 Å². The van der Waals surface area contributed by atoms with E-state index in [1.165, 1.54) is 17.4 Å². The molecule has 0 aliphatic heterocycles. The molecule has 0 amide bonds. The van der Waals surface area contributed by atoms with Crippen LogP contribution in [0.3, 0.4) is 0 Å². The first kappa shape index (κ1) is 7.94. The minimum absolute atomic E-state index is 0.189. The maximum Gasteiger partial charge on any atom is 0.195 e. The van der Waals surface area contributed by atoms with Crippen LogP contribution in [0.4, 0.5) is 4.39 Å². The lowest BCUT2D eigenvalue weighted by Gasteiger charge is -1.91. The van der Waals surface area contributed by atoms with Crippen molar-refractivity contribution in [2.24, 2.45) is 0 Å². The van der Waals surface area contributed by atoms with Gasteiger partial charge >= 0.3 is 0 Å². The van der Waals surface area contributed by atoms with Crippen molar-refractivity contribution in [1.29, 1.82) is 0 Å². The second kappa shape index (κ2) is 2.54. The SMILES string of the molecule is Cc1cn2c(n1)sc1cccc(F)c12. The van der Waals surface area contributed by atoms with Gasteiger partial charge in [0.2, 0.25) is 0 Å². The quantitative estimate of drug-likeness (QED) is 0.552. The Balaban J connectivity index is 2.61. The van der Waals surface area contributed by atoms with Gasteiger partial charge in [0.25, 0.3) is 0 Å². The van der Waals surface area contributed by atoms with E-state index in [1.54, 1.807) is 6.07 Å². The minimum Gasteiger partial charge on any atom is -0.287 e. The van der Waals surface area contributed by atoms with E-state index in [0.717, 1.165) is 15.4 Å². The van der Waals surface area contributed by atoms with Gasteiger partial charge in [-0.05, 0) is 19.1 Å². The first-order chi connectivity index (χ1) is 6.75. The van der Waals surface area contributed by atoms with Crippen LogP contribution in [0.2, 0.25) is 0 Å². The number of thiazole rings is 1. The number of aromatic nitrogens is 2. The molecule has 0 saturated carbocycles. The zero-order valence-electron chi connectivity index (χ0n) is 7.49. The van der Waals surface area contributed by atoms with E-state index < -0.39 is 0 Å². The molecule has 0 atom stereocenters. The molecule has 0 spiro atoms. The van der Waals surface area contributed by atoms with Crippen molar-refractivity contribution in [3.8, 4) is 0 Å². The van der Waals surface area contributed by atoms with E-state index in [9.17, 15) is 4.39 Å². The lowest BCUT2D eigenvalue weighted by Crippen LogP contribution is -1.81. The highest BCUT2D eigenvalue weighted by atomic mass is 32.1. The molecule has 3 rings (SSSR count). The molecule has 0 saturated heterocycles. The molecule has 0 unspecified atom stereocenters. The molecular weight excluding hydrogens is 199 g/mol. The van der Waals surface area contributed by atoms with Crippen molar-refractivity contribution < 1.29 is 4.39 Å². The average Bonchev–Trinajstić information content (AvgIpc) is 2.60. The van der Waals surface area contributed by atoms with Gasteiger partial charge in [-0.25, -0.2) is 9.37 Å². The largest absolute Gasteiger partial charge is 0.287 e. The first-order valence-corrected chi connectivity index (χ1v) is 5.10. The van der Waals surface area contributed by atoms with Gasteiger partial charge in [-0.1, -0.05) is 17.4 Å². The summed E-state index contributed by atoms with van der Waals surface area (Å²) in [4.78, 5) is 5.16. The fourth-order valence-electron chi connectivity index (χ4n) is 1.62. The highest BCUT2D eigenvalue weighted by molar-refractivity contribution is 7.23. The van der Waals surface area contributed by atoms with Gasteiger partial charge in [0, 0.05) is 6.20 Å². The number of para-hydroxylation sites is 1. The van der Waals surface area contributed by atoms with Gasteiger partial charge in [-0.3, -0.25) is 4.40 Å². The van der Waals surface area contributed by atoms with Crippen LogP contribution in [0.15, 0.2) is 24.4 Å². The zero-order valence-corrected chi connectivity index (χ0v) is 8.31. The fourth-order valence-corrected chi connectivity index (χ4v) is 2.69. The molecule has 2 aromatic heterocycles. The van der Waals surface area contributed by atoms with E-state index >= 15 is 0 Å². The van der Waals surface area contributed by atoms with Crippen LogP contribution >= 0.6 is 11.3 Å². The number of hydrogen-bond acceptors (Lipinski definition) is 2. The summed E-state index contributed by atoms with van der Waals surface area (Å²) in [6.45, 7) is 1.91. The summed E-state index contributed by atoms with van der Waals surface area (Å²) in [6.07, 6.45) is 1.86. The van der Waals surface area contributed by atoms with E-state index in [0.29, 0.717) is 5.52 Å². The van der Waals surface area contributed by atoms with Crippen LogP contribution in [-0.2, 0) is 0 Å². The molecule has 2 heterocycles. The number of benzene rings is 1. The molecule has 0 radical (unpaired) electrons. The molecular formula is C10H7FN2S. The summed E-state index contributed by atoms with van der Waals surface area (Å²) in [5, 5.41) is 0. The summed E-state index contributed by atoms with van der Waals surface area (Å²) in [5.41, 5.74) is 1.55. The summed E-state index contributed by atoms with van der Waals surface area (Å²) in [6, 6.07) is 5.11. The number of nitrogens with zero attached hydrogens (tertiary/aromatic N) is 2. The fraction of sp³-hybridized carbons (Fsp3) is 0.100. The van der Waals surface area contributed by atoms with Gasteiger partial charge in [0.1, 0.15) is 11.3 Å². The number of fused-ring (bicyclic) bond motifs is 3. The molecule has 14 heavy (non-hydrogen) atoms. The summed E-state index contributed by atoms with van der Waals surface area (Å²) >= 11 is 1.51. The van der Waals surface area contributed by atoms with Gasteiger partial charge in [0.15, 0.2) is 4.96 Å². The Bertz CT molecular complexity index is 623. The van der Waals surface area contributed by atoms with Crippen molar-refractivity contribution in [2.45, 2.75) is 6.92 Å². The van der Waals surface area contributed by atoms with Crippen LogP contribution < -0.4 is 0 Å². The highest BCUT2D eigenvalue weighted by Crippen LogP contribution is 2.27. The van der Waals surface area contributed by atoms with E-state index in [2.05, 4.69) is 4.98 Å². The molecule has 4 heteroatoms. The van der Waals surface area contributed by atoms with Crippen molar-refractivity contribution in [3.05, 3.63) is 35.9 Å². The Morgan fingerprint density at radius 1 is 1.43 bits per heavy atom. The maximum atomic E-state index is 13.5. The second-order valence-electron chi connectivity index (χ2n) is 3.22. The number of hydrogen-bond donors (Lipinski definition) is 0. The number of rotatable bonds is 0. The molecule has 3 aromatic rings. The summed E-state index contributed by atoms with van der Waals surface area (Å²) in [5.74, 6) is -0.189. The maximum absolute atomic E-state index is 13.5. The normalized spacial score (nSPS) is 11.6. The second-order valence-corrected chi connectivity index (χ2v) is 4.23. The molecule has 2 nitrogen and oxygen atoms in total. The molecule has 0 bridgehead atoms. The predicted octanol–water partition coefficient (Wildman–Crippen LogP) is 3.00. The van der Waals surface area contributed by atoms with Crippen molar-refractivity contribution >= 4 is 26.5 Å². The summed E-state index contributed by atoms with van der Waals surface area (Å²) in [7, 11) is 0. The summed E-state index contributed by atoms with van der Waals surface area (Å²) < 4.78 is 16.3. The Hall–Kier alpha value is -1.42. The number of aryl methyl sites for hydroxylation is 1. The zero-order chi connectivity index (χ0) is 9.71. The first-order valence-electron chi connectivity index (χ1n) is 4.28. The lowest BCUT2D eigenvalue weighted by molar-refractivity contribution is 0.636. The van der Waals surface area contributed by atoms with Crippen LogP contribution in [0.25, 0.3) is 15.2 Å². The topological polar surface area (TPSA) is 17.3 Å². The highest BCUT2D eigenvalue weighted by Gasteiger charge is 2.09. The molecule has 0 fully saturated rings. The standard InChI is InChI=1S/C10H7FN2S/c1-6-5-13-9-7(11)3-2-4-8(9)14-10(13)12-6/h2-5H,1H3. The third kappa shape index (κ3) is 0.915. The third-order valence-electron chi connectivity index (χ3n) is 2.19. The average molecular weight is 206 g/mol. The van der Waals surface area contributed by atoms with Crippen LogP contribution in [0, 0.1) is 12.7 Å². The number of halogens is 1. The van der Waals surface area contributed by atoms with E-state index in [4.69, 9.17) is 0 Å². The van der Waals surface area contributed by atoms with Crippen molar-refractivity contribution in [2.75, 3.05) is 0 Å². The number of imidazole rings is 1. The Labute approximate surface area is 83.6 Å². The van der Waals surface area contributed by atoms with Gasteiger partial charge in [-0.15, -0.1) is 0 Å². The van der Waals surface area contributed by atoms with Crippen molar-refractivity contribution in [1.82, 2.24) is 9.38 Å². The Morgan fingerprint density at radius 3 is 3.14 bits per heavy atom. The van der Waals surface area contributed by atoms with Crippen LogP contribution in [0.5, 0.6) is 0 Å². The van der Waals surface area contributed by atoms with Crippen LogP contribution in [-0.4, -0.2) is 9.38 Å². The van der Waals surface area contributed by atoms with Crippen molar-refractivity contribution in [3.63, 3.8) is 0 Å².